The molecule has 0 aliphatic carbocycles. The van der Waals surface area contributed by atoms with Gasteiger partial charge in [-0.2, -0.15) is 0 Å². The number of nitrogens with zero attached hydrogens (tertiary/aromatic N) is 1. The van der Waals surface area contributed by atoms with Crippen LogP contribution in [0.25, 0.3) is 0 Å². The maximum atomic E-state index is 13.6. The van der Waals surface area contributed by atoms with Crippen LogP contribution in [-0.2, 0) is 0 Å². The van der Waals surface area contributed by atoms with Crippen molar-refractivity contribution in [2.75, 3.05) is 13.1 Å². The average Bonchev–Trinajstić information content (AvgIpc) is 2.75. The number of carbonyl (C=O) groups excluding carboxylic acids is 1. The maximum absolute atomic E-state index is 13.6. The number of likely N-dealkylation sites (tertiary alicyclic amines) is 1. The molecule has 1 heterocycles. The summed E-state index contributed by atoms with van der Waals surface area (Å²) in [4.78, 5) is 14.4. The molecule has 1 unspecified atom stereocenters. The summed E-state index contributed by atoms with van der Waals surface area (Å²) in [5.74, 6) is -2.65. The molecule has 1 atom stereocenters. The van der Waals surface area contributed by atoms with Crippen LogP contribution in [0.1, 0.15) is 37.6 Å². The topological polar surface area (TPSA) is 32.3 Å². The lowest BCUT2D eigenvalue weighted by molar-refractivity contribution is 0.0900. The lowest BCUT2D eigenvalue weighted by Gasteiger charge is -2.27. The molecule has 110 valence electrons. The summed E-state index contributed by atoms with van der Waals surface area (Å²) >= 11 is 0. The van der Waals surface area contributed by atoms with Gasteiger partial charge in [0.15, 0.2) is 11.6 Å². The summed E-state index contributed by atoms with van der Waals surface area (Å²) < 4.78 is 26.8. The molecule has 1 amide bonds. The van der Waals surface area contributed by atoms with E-state index in [1.165, 1.54) is 12.1 Å². The van der Waals surface area contributed by atoms with Crippen molar-refractivity contribution in [1.82, 2.24) is 10.2 Å². The zero-order valence-corrected chi connectivity index (χ0v) is 12.0. The molecule has 2 rings (SSSR count). The van der Waals surface area contributed by atoms with Crippen molar-refractivity contribution in [3.8, 4) is 0 Å². The number of benzene rings is 1. The van der Waals surface area contributed by atoms with Crippen molar-refractivity contribution in [2.45, 2.75) is 38.8 Å². The highest BCUT2D eigenvalue weighted by Gasteiger charge is 2.36. The Labute approximate surface area is 118 Å². The highest BCUT2D eigenvalue weighted by molar-refractivity contribution is 5.95. The van der Waals surface area contributed by atoms with Crippen LogP contribution in [0.3, 0.4) is 0 Å². The third kappa shape index (κ3) is 2.98. The van der Waals surface area contributed by atoms with Crippen LogP contribution in [0.5, 0.6) is 0 Å². The summed E-state index contributed by atoms with van der Waals surface area (Å²) in [6, 6.07) is 4.04. The van der Waals surface area contributed by atoms with Crippen molar-refractivity contribution >= 4 is 5.91 Å². The lowest BCUT2D eigenvalue weighted by Crippen LogP contribution is -2.48. The molecule has 0 spiro atoms. The van der Waals surface area contributed by atoms with Crippen LogP contribution in [0.4, 0.5) is 8.78 Å². The molecule has 1 aromatic rings. The Kier molecular flexibility index (Phi) is 4.09. The van der Waals surface area contributed by atoms with E-state index in [9.17, 15) is 13.6 Å². The lowest BCUT2D eigenvalue weighted by atomic mass is 10.0. The predicted molar refractivity (Wildman–Crippen MR) is 73.6 cm³/mol. The number of nitrogens with one attached hydrogen (secondary N) is 1. The molecule has 0 radical (unpaired) electrons. The zero-order valence-electron chi connectivity index (χ0n) is 12.0. The first-order chi connectivity index (χ1) is 9.32. The maximum Gasteiger partial charge on any atom is 0.254 e. The fourth-order valence-electron chi connectivity index (χ4n) is 2.56. The Hall–Kier alpha value is -1.49. The van der Waals surface area contributed by atoms with Gasteiger partial charge in [0, 0.05) is 19.1 Å². The molecule has 1 aromatic carbocycles. The third-order valence-electron chi connectivity index (χ3n) is 3.84. The number of hydrogen-bond acceptors (Lipinski definition) is 2. The molecule has 1 fully saturated rings. The molecule has 0 aromatic heterocycles. The quantitative estimate of drug-likeness (QED) is 0.924. The molecule has 20 heavy (non-hydrogen) atoms. The Morgan fingerprint density at radius 1 is 1.40 bits per heavy atom. The Bertz CT molecular complexity index is 519. The monoisotopic (exact) mass is 282 g/mol. The van der Waals surface area contributed by atoms with Crippen LogP contribution >= 0.6 is 0 Å². The standard InChI is InChI=1S/C15H20F2N2O/c1-10(2)19-8-7-15(3,9-19)18-14(20)11-5-4-6-12(16)13(11)17/h4-6,10H,7-9H2,1-3H3,(H,18,20). The fraction of sp³-hybridized carbons (Fsp3) is 0.533. The summed E-state index contributed by atoms with van der Waals surface area (Å²) in [6.07, 6.45) is 0.799. The van der Waals surface area contributed by atoms with Crippen molar-refractivity contribution in [3.05, 3.63) is 35.4 Å². The number of amides is 1. The molecule has 1 saturated heterocycles. The number of carbonyl (C=O) groups is 1. The highest BCUT2D eigenvalue weighted by Crippen LogP contribution is 2.23. The minimum atomic E-state index is -1.09. The van der Waals surface area contributed by atoms with Gasteiger partial charge in [0.2, 0.25) is 0 Å². The predicted octanol–water partition coefficient (Wildman–Crippen LogP) is 2.57. The van der Waals surface area contributed by atoms with Gasteiger partial charge in [0.05, 0.1) is 11.1 Å². The van der Waals surface area contributed by atoms with E-state index in [0.717, 1.165) is 19.0 Å². The minimum absolute atomic E-state index is 0.241. The first-order valence-electron chi connectivity index (χ1n) is 6.83. The van der Waals surface area contributed by atoms with Crippen LogP contribution in [0.2, 0.25) is 0 Å². The largest absolute Gasteiger partial charge is 0.345 e. The third-order valence-corrected chi connectivity index (χ3v) is 3.84. The van der Waals surface area contributed by atoms with Crippen LogP contribution in [-0.4, -0.2) is 35.5 Å². The molecular formula is C15H20F2N2O. The second-order valence-corrected chi connectivity index (χ2v) is 5.93. The Balaban J connectivity index is 2.10. The Morgan fingerprint density at radius 3 is 2.70 bits per heavy atom. The van der Waals surface area contributed by atoms with Crippen molar-refractivity contribution in [3.63, 3.8) is 0 Å². The molecule has 0 saturated carbocycles. The van der Waals surface area contributed by atoms with Gasteiger partial charge < -0.3 is 5.32 Å². The van der Waals surface area contributed by atoms with Gasteiger partial charge in [-0.05, 0) is 39.3 Å². The van der Waals surface area contributed by atoms with E-state index in [0.29, 0.717) is 12.6 Å². The summed E-state index contributed by atoms with van der Waals surface area (Å²) in [7, 11) is 0. The van der Waals surface area contributed by atoms with Gasteiger partial charge in [0.25, 0.3) is 5.91 Å². The number of rotatable bonds is 3. The SMILES string of the molecule is CC(C)N1CCC(C)(NC(=O)c2cccc(F)c2F)C1. The van der Waals surface area contributed by atoms with Gasteiger partial charge >= 0.3 is 0 Å². The molecule has 0 bridgehead atoms. The van der Waals surface area contributed by atoms with E-state index in [1.54, 1.807) is 0 Å². The summed E-state index contributed by atoms with van der Waals surface area (Å²) in [6.45, 7) is 7.73. The van der Waals surface area contributed by atoms with E-state index < -0.39 is 23.1 Å². The Morgan fingerprint density at radius 2 is 2.10 bits per heavy atom. The van der Waals surface area contributed by atoms with Gasteiger partial charge in [-0.15, -0.1) is 0 Å². The summed E-state index contributed by atoms with van der Waals surface area (Å²) in [5, 5.41) is 2.84. The van der Waals surface area contributed by atoms with E-state index in [1.807, 2.05) is 6.92 Å². The first kappa shape index (κ1) is 14.9. The minimum Gasteiger partial charge on any atom is -0.345 e. The van der Waals surface area contributed by atoms with E-state index in [4.69, 9.17) is 0 Å². The molecule has 1 aliphatic rings. The average molecular weight is 282 g/mol. The van der Waals surface area contributed by atoms with E-state index in [2.05, 4.69) is 24.1 Å². The number of hydrogen-bond donors (Lipinski definition) is 1. The van der Waals surface area contributed by atoms with E-state index >= 15 is 0 Å². The highest BCUT2D eigenvalue weighted by atomic mass is 19.2. The second-order valence-electron chi connectivity index (χ2n) is 5.93. The fourth-order valence-corrected chi connectivity index (χ4v) is 2.56. The molecular weight excluding hydrogens is 262 g/mol. The first-order valence-corrected chi connectivity index (χ1v) is 6.83. The molecule has 1 N–H and O–H groups in total. The van der Waals surface area contributed by atoms with Gasteiger partial charge in [-0.25, -0.2) is 8.78 Å². The zero-order chi connectivity index (χ0) is 14.9. The van der Waals surface area contributed by atoms with Crippen LogP contribution in [0, 0.1) is 11.6 Å². The second kappa shape index (κ2) is 5.48. The van der Waals surface area contributed by atoms with Crippen LogP contribution in [0.15, 0.2) is 18.2 Å². The molecule has 5 heteroatoms. The van der Waals surface area contributed by atoms with Gasteiger partial charge in [-0.3, -0.25) is 9.69 Å². The van der Waals surface area contributed by atoms with Gasteiger partial charge in [-0.1, -0.05) is 6.07 Å². The van der Waals surface area contributed by atoms with E-state index in [-0.39, 0.29) is 5.56 Å². The number of halogens is 2. The van der Waals surface area contributed by atoms with Crippen molar-refractivity contribution in [1.29, 1.82) is 0 Å². The van der Waals surface area contributed by atoms with Gasteiger partial charge in [0.1, 0.15) is 0 Å². The summed E-state index contributed by atoms with van der Waals surface area (Å²) in [5.41, 5.74) is -0.644. The van der Waals surface area contributed by atoms with Crippen molar-refractivity contribution in [2.24, 2.45) is 0 Å². The normalized spacial score (nSPS) is 23.3. The molecule has 1 aliphatic heterocycles. The van der Waals surface area contributed by atoms with Crippen molar-refractivity contribution < 1.29 is 13.6 Å². The van der Waals surface area contributed by atoms with Crippen LogP contribution < -0.4 is 5.32 Å². The molecule has 3 nitrogen and oxygen atoms in total. The smallest absolute Gasteiger partial charge is 0.254 e.